The summed E-state index contributed by atoms with van der Waals surface area (Å²) in [7, 11) is 0. The molecule has 0 bridgehead atoms. The molecule has 0 aliphatic heterocycles. The highest BCUT2D eigenvalue weighted by molar-refractivity contribution is 9.10. The van der Waals surface area contributed by atoms with E-state index in [0.717, 1.165) is 0 Å². The van der Waals surface area contributed by atoms with Gasteiger partial charge in [0.25, 0.3) is 0 Å². The van der Waals surface area contributed by atoms with Gasteiger partial charge in [-0.05, 0) is 51.3 Å². The Bertz CT molecular complexity index is 389. The fraction of sp³-hybridized carbons (Fsp3) is 0.111. The van der Waals surface area contributed by atoms with Gasteiger partial charge >= 0.3 is 0 Å². The van der Waals surface area contributed by atoms with E-state index < -0.39 is 0 Å². The number of aryl methyl sites for hydroxylation is 1. The van der Waals surface area contributed by atoms with Crippen LogP contribution >= 0.6 is 27.3 Å². The summed E-state index contributed by atoms with van der Waals surface area (Å²) < 4.78 is 2.55. The van der Waals surface area contributed by atoms with Gasteiger partial charge in [-0.15, -0.1) is 11.3 Å². The maximum absolute atomic E-state index is 3.54. The lowest BCUT2D eigenvalue weighted by molar-refractivity contribution is 1.50. The first-order valence-corrected chi connectivity index (χ1v) is 5.08. The average molecular weight is 227 g/mol. The van der Waals surface area contributed by atoms with Crippen LogP contribution in [0, 0.1) is 6.92 Å². The summed E-state index contributed by atoms with van der Waals surface area (Å²) in [5.41, 5.74) is 1.31. The third-order valence-electron chi connectivity index (χ3n) is 1.65. The smallest absolute Gasteiger partial charge is 0.0484 e. The third kappa shape index (κ3) is 1.21. The zero-order chi connectivity index (χ0) is 7.84. The van der Waals surface area contributed by atoms with Crippen molar-refractivity contribution in [2.45, 2.75) is 6.92 Å². The molecule has 0 N–H and O–H groups in total. The van der Waals surface area contributed by atoms with Crippen LogP contribution in [0.4, 0.5) is 0 Å². The Hall–Kier alpha value is -0.340. The predicted molar refractivity (Wildman–Crippen MR) is 54.3 cm³/mol. The SMILES string of the molecule is Cc1cc(Br)c2sccc2c1. The molecule has 1 aromatic carbocycles. The van der Waals surface area contributed by atoms with Gasteiger partial charge in [-0.1, -0.05) is 6.07 Å². The molecule has 56 valence electrons. The Morgan fingerprint density at radius 3 is 3.00 bits per heavy atom. The molecule has 0 radical (unpaired) electrons. The van der Waals surface area contributed by atoms with Crippen LogP contribution in [0.5, 0.6) is 0 Å². The van der Waals surface area contributed by atoms with Crippen molar-refractivity contribution in [1.82, 2.24) is 0 Å². The maximum Gasteiger partial charge on any atom is 0.0484 e. The second kappa shape index (κ2) is 2.61. The van der Waals surface area contributed by atoms with E-state index in [1.165, 1.54) is 20.1 Å². The number of rotatable bonds is 0. The van der Waals surface area contributed by atoms with Gasteiger partial charge in [0.15, 0.2) is 0 Å². The molecule has 0 saturated heterocycles. The van der Waals surface area contributed by atoms with E-state index in [9.17, 15) is 0 Å². The van der Waals surface area contributed by atoms with Crippen LogP contribution in [0.3, 0.4) is 0 Å². The van der Waals surface area contributed by atoms with Gasteiger partial charge in [-0.3, -0.25) is 0 Å². The first-order chi connectivity index (χ1) is 5.27. The van der Waals surface area contributed by atoms with E-state index in [0.29, 0.717) is 0 Å². The number of hydrogen-bond donors (Lipinski definition) is 0. The Balaban J connectivity index is 2.91. The zero-order valence-electron chi connectivity index (χ0n) is 6.10. The normalized spacial score (nSPS) is 10.7. The summed E-state index contributed by atoms with van der Waals surface area (Å²) in [6.07, 6.45) is 0. The minimum Gasteiger partial charge on any atom is -0.143 e. The molecule has 2 aromatic rings. The molecular formula is C9H7BrS. The van der Waals surface area contributed by atoms with Crippen LogP contribution in [-0.4, -0.2) is 0 Å². The van der Waals surface area contributed by atoms with Crippen LogP contribution in [-0.2, 0) is 0 Å². The van der Waals surface area contributed by atoms with Gasteiger partial charge in [-0.25, -0.2) is 0 Å². The Labute approximate surface area is 78.0 Å². The first-order valence-electron chi connectivity index (χ1n) is 3.41. The quantitative estimate of drug-likeness (QED) is 0.638. The molecular weight excluding hydrogens is 220 g/mol. The molecule has 2 rings (SSSR count). The van der Waals surface area contributed by atoms with E-state index in [-0.39, 0.29) is 0 Å². The highest BCUT2D eigenvalue weighted by Crippen LogP contribution is 2.29. The van der Waals surface area contributed by atoms with E-state index in [4.69, 9.17) is 0 Å². The lowest BCUT2D eigenvalue weighted by Gasteiger charge is -1.95. The fourth-order valence-electron chi connectivity index (χ4n) is 1.18. The van der Waals surface area contributed by atoms with E-state index >= 15 is 0 Å². The second-order valence-electron chi connectivity index (χ2n) is 2.59. The molecule has 0 unspecified atom stereocenters. The molecule has 0 fully saturated rings. The highest BCUT2D eigenvalue weighted by atomic mass is 79.9. The largest absolute Gasteiger partial charge is 0.143 e. The lowest BCUT2D eigenvalue weighted by atomic mass is 10.2. The Kier molecular flexibility index (Phi) is 1.74. The standard InChI is InChI=1S/C9H7BrS/c1-6-4-7-2-3-11-9(7)8(10)5-6/h2-5H,1H3. The Morgan fingerprint density at radius 2 is 2.18 bits per heavy atom. The number of hydrogen-bond acceptors (Lipinski definition) is 1. The maximum atomic E-state index is 3.54. The summed E-state index contributed by atoms with van der Waals surface area (Å²) in [5, 5.41) is 3.45. The van der Waals surface area contributed by atoms with Crippen LogP contribution in [0.2, 0.25) is 0 Å². The van der Waals surface area contributed by atoms with E-state index in [1.807, 2.05) is 0 Å². The van der Waals surface area contributed by atoms with Crippen LogP contribution in [0.1, 0.15) is 5.56 Å². The first kappa shape index (κ1) is 7.32. The topological polar surface area (TPSA) is 0 Å². The van der Waals surface area contributed by atoms with Crippen LogP contribution in [0.15, 0.2) is 28.1 Å². The minimum atomic E-state index is 1.21. The highest BCUT2D eigenvalue weighted by Gasteiger charge is 1.99. The molecule has 1 aromatic heterocycles. The molecule has 0 spiro atoms. The van der Waals surface area contributed by atoms with Crippen molar-refractivity contribution < 1.29 is 0 Å². The lowest BCUT2D eigenvalue weighted by Crippen LogP contribution is -1.71. The number of thiophene rings is 1. The molecule has 0 atom stereocenters. The summed E-state index contributed by atoms with van der Waals surface area (Å²) in [4.78, 5) is 0. The number of halogens is 1. The van der Waals surface area contributed by atoms with Crippen molar-refractivity contribution >= 4 is 37.4 Å². The van der Waals surface area contributed by atoms with E-state index in [1.54, 1.807) is 11.3 Å². The summed E-state index contributed by atoms with van der Waals surface area (Å²) in [5.74, 6) is 0. The molecule has 11 heavy (non-hydrogen) atoms. The number of fused-ring (bicyclic) bond motifs is 1. The summed E-state index contributed by atoms with van der Waals surface area (Å²) in [6.45, 7) is 2.11. The summed E-state index contributed by atoms with van der Waals surface area (Å²) in [6, 6.07) is 6.51. The zero-order valence-corrected chi connectivity index (χ0v) is 8.50. The second-order valence-corrected chi connectivity index (χ2v) is 4.36. The van der Waals surface area contributed by atoms with Gasteiger partial charge in [-0.2, -0.15) is 0 Å². The predicted octanol–water partition coefficient (Wildman–Crippen LogP) is 3.97. The molecule has 0 aliphatic rings. The molecule has 0 nitrogen and oxygen atoms in total. The fourth-order valence-corrected chi connectivity index (χ4v) is 2.83. The number of benzene rings is 1. The summed E-state index contributed by atoms with van der Waals surface area (Å²) >= 11 is 5.31. The molecule has 2 heteroatoms. The van der Waals surface area contributed by atoms with Gasteiger partial charge in [0.2, 0.25) is 0 Å². The third-order valence-corrected chi connectivity index (χ3v) is 3.50. The van der Waals surface area contributed by atoms with Crippen molar-refractivity contribution in [3.05, 3.63) is 33.6 Å². The minimum absolute atomic E-state index is 1.21. The Morgan fingerprint density at radius 1 is 1.36 bits per heavy atom. The average Bonchev–Trinajstić information content (AvgIpc) is 2.34. The van der Waals surface area contributed by atoms with Crippen molar-refractivity contribution in [2.75, 3.05) is 0 Å². The van der Waals surface area contributed by atoms with Gasteiger partial charge in [0.05, 0.1) is 0 Å². The molecule has 0 saturated carbocycles. The van der Waals surface area contributed by atoms with Crippen LogP contribution in [0.25, 0.3) is 10.1 Å². The molecule has 0 aliphatic carbocycles. The molecule has 0 amide bonds. The van der Waals surface area contributed by atoms with Gasteiger partial charge in [0, 0.05) is 9.17 Å². The van der Waals surface area contributed by atoms with Crippen molar-refractivity contribution in [2.24, 2.45) is 0 Å². The van der Waals surface area contributed by atoms with Gasteiger partial charge in [0.1, 0.15) is 0 Å². The van der Waals surface area contributed by atoms with Crippen molar-refractivity contribution in [1.29, 1.82) is 0 Å². The van der Waals surface area contributed by atoms with E-state index in [2.05, 4.69) is 46.4 Å². The molecule has 1 heterocycles. The van der Waals surface area contributed by atoms with Crippen LogP contribution < -0.4 is 0 Å². The van der Waals surface area contributed by atoms with Gasteiger partial charge < -0.3 is 0 Å². The van der Waals surface area contributed by atoms with Crippen molar-refractivity contribution in [3.63, 3.8) is 0 Å². The van der Waals surface area contributed by atoms with Crippen molar-refractivity contribution in [3.8, 4) is 0 Å². The monoisotopic (exact) mass is 226 g/mol.